The SMILES string of the molecule is CN(CCOc1ccc(CC(Nc2ccccc2C(=O)c2ccccc2)C(=O)O)cc1)c1ccccn1.[Cl-]. The zero-order valence-corrected chi connectivity index (χ0v) is 21.7. The Morgan fingerprint density at radius 3 is 2.29 bits per heavy atom. The summed E-state index contributed by atoms with van der Waals surface area (Å²) in [6, 6.07) is 28.1. The summed E-state index contributed by atoms with van der Waals surface area (Å²) < 4.78 is 5.85. The van der Waals surface area contributed by atoms with Crippen molar-refractivity contribution >= 4 is 23.3 Å². The molecule has 2 N–H and O–H groups in total. The number of carbonyl (C=O) groups excluding carboxylic acids is 1. The van der Waals surface area contributed by atoms with E-state index < -0.39 is 12.0 Å². The van der Waals surface area contributed by atoms with Gasteiger partial charge >= 0.3 is 5.97 Å². The second-order valence-corrected chi connectivity index (χ2v) is 8.58. The average molecular weight is 531 g/mol. The number of nitrogens with zero attached hydrogens (tertiary/aromatic N) is 2. The summed E-state index contributed by atoms with van der Waals surface area (Å²) >= 11 is 0. The Morgan fingerprint density at radius 2 is 1.61 bits per heavy atom. The summed E-state index contributed by atoms with van der Waals surface area (Å²) in [5.74, 6) is 0.417. The number of anilines is 2. The number of nitrogens with one attached hydrogen (secondary N) is 1. The molecular formula is C30H29ClN3O4-. The number of hydrogen-bond donors (Lipinski definition) is 2. The van der Waals surface area contributed by atoms with E-state index in [2.05, 4.69) is 10.3 Å². The summed E-state index contributed by atoms with van der Waals surface area (Å²) in [5.41, 5.74) is 2.30. The summed E-state index contributed by atoms with van der Waals surface area (Å²) in [7, 11) is 1.96. The molecule has 1 heterocycles. The first-order valence-electron chi connectivity index (χ1n) is 12.0. The molecule has 3 aromatic carbocycles. The molecule has 0 bridgehead atoms. The third-order valence-corrected chi connectivity index (χ3v) is 5.93. The van der Waals surface area contributed by atoms with E-state index >= 15 is 0 Å². The number of aliphatic carboxylic acids is 1. The molecular weight excluding hydrogens is 502 g/mol. The highest BCUT2D eigenvalue weighted by Gasteiger charge is 2.21. The van der Waals surface area contributed by atoms with Crippen molar-refractivity contribution in [1.29, 1.82) is 0 Å². The van der Waals surface area contributed by atoms with Crippen LogP contribution >= 0.6 is 0 Å². The lowest BCUT2D eigenvalue weighted by atomic mass is 10.00. The van der Waals surface area contributed by atoms with Gasteiger partial charge in [-0.2, -0.15) is 0 Å². The number of aromatic nitrogens is 1. The van der Waals surface area contributed by atoms with Crippen LogP contribution in [0.2, 0.25) is 0 Å². The summed E-state index contributed by atoms with van der Waals surface area (Å²) in [6.07, 6.45) is 2.00. The molecule has 8 heteroatoms. The molecule has 0 saturated heterocycles. The van der Waals surface area contributed by atoms with Crippen molar-refractivity contribution in [3.63, 3.8) is 0 Å². The number of para-hydroxylation sites is 1. The van der Waals surface area contributed by atoms with Gasteiger partial charge in [-0.1, -0.05) is 60.7 Å². The fourth-order valence-electron chi connectivity index (χ4n) is 3.89. The van der Waals surface area contributed by atoms with Crippen LogP contribution in [0.3, 0.4) is 0 Å². The molecule has 1 unspecified atom stereocenters. The first-order valence-corrected chi connectivity index (χ1v) is 12.0. The van der Waals surface area contributed by atoms with Crippen LogP contribution in [0.5, 0.6) is 5.75 Å². The first-order chi connectivity index (χ1) is 18.0. The fraction of sp³-hybridized carbons (Fsp3) is 0.167. The zero-order chi connectivity index (χ0) is 26.0. The van der Waals surface area contributed by atoms with Crippen molar-refractivity contribution < 1.29 is 31.8 Å². The van der Waals surface area contributed by atoms with Crippen molar-refractivity contribution in [2.75, 3.05) is 30.4 Å². The molecule has 7 nitrogen and oxygen atoms in total. The van der Waals surface area contributed by atoms with Gasteiger partial charge < -0.3 is 32.5 Å². The van der Waals surface area contributed by atoms with Gasteiger partial charge in [-0.3, -0.25) is 4.79 Å². The highest BCUT2D eigenvalue weighted by atomic mass is 35.5. The monoisotopic (exact) mass is 530 g/mol. The number of benzene rings is 3. The van der Waals surface area contributed by atoms with Crippen molar-refractivity contribution in [3.05, 3.63) is 120 Å². The molecule has 0 amide bonds. The molecule has 0 aliphatic rings. The Hall–Kier alpha value is -4.36. The van der Waals surface area contributed by atoms with Crippen LogP contribution in [0.4, 0.5) is 11.5 Å². The van der Waals surface area contributed by atoms with Gasteiger partial charge in [0, 0.05) is 36.5 Å². The Bertz CT molecular complexity index is 1320. The minimum absolute atomic E-state index is 0. The van der Waals surface area contributed by atoms with Crippen LogP contribution in [-0.2, 0) is 11.2 Å². The Kier molecular flexibility index (Phi) is 10.3. The summed E-state index contributed by atoms with van der Waals surface area (Å²) in [4.78, 5) is 31.4. The summed E-state index contributed by atoms with van der Waals surface area (Å²) in [6.45, 7) is 1.16. The number of carboxylic acids is 1. The van der Waals surface area contributed by atoms with Crippen molar-refractivity contribution in [1.82, 2.24) is 4.98 Å². The Balaban J connectivity index is 0.00000400. The van der Waals surface area contributed by atoms with Crippen LogP contribution in [-0.4, -0.2) is 48.1 Å². The number of ether oxygens (including phenoxy) is 1. The normalized spacial score (nSPS) is 11.1. The maximum absolute atomic E-state index is 13.0. The first kappa shape index (κ1) is 28.2. The topological polar surface area (TPSA) is 91.8 Å². The molecule has 0 aliphatic carbocycles. The van der Waals surface area contributed by atoms with Gasteiger partial charge in [0.05, 0.1) is 6.54 Å². The van der Waals surface area contributed by atoms with E-state index in [9.17, 15) is 14.7 Å². The molecule has 196 valence electrons. The smallest absolute Gasteiger partial charge is 0.326 e. The van der Waals surface area contributed by atoms with Crippen LogP contribution in [0.15, 0.2) is 103 Å². The third kappa shape index (κ3) is 7.57. The lowest BCUT2D eigenvalue weighted by molar-refractivity contribution is -0.137. The predicted octanol–water partition coefficient (Wildman–Crippen LogP) is 1.94. The zero-order valence-electron chi connectivity index (χ0n) is 21.0. The van der Waals surface area contributed by atoms with E-state index in [0.717, 1.165) is 11.4 Å². The quantitative estimate of drug-likeness (QED) is 0.270. The van der Waals surface area contributed by atoms with Gasteiger partial charge in [-0.05, 0) is 42.0 Å². The van der Waals surface area contributed by atoms with Crippen LogP contribution < -0.4 is 27.4 Å². The van der Waals surface area contributed by atoms with Gasteiger partial charge in [0.2, 0.25) is 0 Å². The maximum atomic E-state index is 13.0. The van der Waals surface area contributed by atoms with E-state index in [1.54, 1.807) is 54.7 Å². The van der Waals surface area contributed by atoms with Crippen LogP contribution in [0.1, 0.15) is 21.5 Å². The van der Waals surface area contributed by atoms with E-state index in [0.29, 0.717) is 35.7 Å². The highest BCUT2D eigenvalue weighted by Crippen LogP contribution is 2.22. The number of likely N-dealkylation sites (N-methyl/N-ethyl adjacent to an activating group) is 1. The molecule has 0 saturated carbocycles. The standard InChI is InChI=1S/C30H29N3O4.ClH/c1-33(28-13-7-8-18-31-28)19-20-37-24-16-14-22(15-17-24)21-27(30(35)36)32-26-12-6-5-11-25(26)29(34)23-9-3-2-4-10-23;/h2-18,27,32H,19-21H2,1H3,(H,35,36);1H/p-1. The number of ketones is 1. The minimum Gasteiger partial charge on any atom is -1.00 e. The lowest BCUT2D eigenvalue weighted by Gasteiger charge is -2.19. The van der Waals surface area contributed by atoms with Crippen molar-refractivity contribution in [2.24, 2.45) is 0 Å². The number of hydrogen-bond acceptors (Lipinski definition) is 6. The van der Waals surface area contributed by atoms with Gasteiger partial charge in [-0.25, -0.2) is 9.78 Å². The second kappa shape index (κ2) is 13.8. The Morgan fingerprint density at radius 1 is 0.921 bits per heavy atom. The second-order valence-electron chi connectivity index (χ2n) is 8.58. The molecule has 1 aromatic heterocycles. The molecule has 0 fully saturated rings. The van der Waals surface area contributed by atoms with Gasteiger partial charge in [0.15, 0.2) is 5.78 Å². The Labute approximate surface area is 228 Å². The van der Waals surface area contributed by atoms with Crippen molar-refractivity contribution in [2.45, 2.75) is 12.5 Å². The van der Waals surface area contributed by atoms with E-state index in [1.165, 1.54) is 0 Å². The molecule has 4 rings (SSSR count). The molecule has 0 aliphatic heterocycles. The van der Waals surface area contributed by atoms with E-state index in [4.69, 9.17) is 4.74 Å². The van der Waals surface area contributed by atoms with Gasteiger partial charge in [0.1, 0.15) is 24.2 Å². The average Bonchev–Trinajstić information content (AvgIpc) is 2.94. The molecule has 0 spiro atoms. The molecule has 38 heavy (non-hydrogen) atoms. The van der Waals surface area contributed by atoms with Crippen molar-refractivity contribution in [3.8, 4) is 5.75 Å². The van der Waals surface area contributed by atoms with E-state index in [-0.39, 0.29) is 24.6 Å². The maximum Gasteiger partial charge on any atom is 0.326 e. The molecule has 0 radical (unpaired) electrons. The largest absolute Gasteiger partial charge is 1.00 e. The molecule has 4 aromatic rings. The number of halogens is 1. The van der Waals surface area contributed by atoms with Crippen LogP contribution in [0.25, 0.3) is 0 Å². The highest BCUT2D eigenvalue weighted by molar-refractivity contribution is 6.12. The number of carbonyl (C=O) groups is 2. The number of rotatable bonds is 12. The minimum atomic E-state index is -1.00. The number of carboxylic acid groups (broad SMARTS) is 1. The van der Waals surface area contributed by atoms with Gasteiger partial charge in [0.25, 0.3) is 0 Å². The third-order valence-electron chi connectivity index (χ3n) is 5.93. The van der Waals surface area contributed by atoms with E-state index in [1.807, 2.05) is 60.5 Å². The fourth-order valence-corrected chi connectivity index (χ4v) is 3.89. The predicted molar refractivity (Wildman–Crippen MR) is 145 cm³/mol. The lowest BCUT2D eigenvalue weighted by Crippen LogP contribution is -3.00. The van der Waals surface area contributed by atoms with Gasteiger partial charge in [-0.15, -0.1) is 0 Å². The summed E-state index contributed by atoms with van der Waals surface area (Å²) in [5, 5.41) is 12.9. The number of pyridine rings is 1. The molecule has 1 atom stereocenters. The van der Waals surface area contributed by atoms with Crippen LogP contribution in [0, 0.1) is 0 Å².